The number of hydrogen-bond donors (Lipinski definition) is 0. The molecular weight excluding hydrogens is 316 g/mol. The molecule has 1 heterocycles. The van der Waals surface area contributed by atoms with Crippen LogP contribution in [0.25, 0.3) is 21.0 Å². The first-order valence-electron chi connectivity index (χ1n) is 7.80. The highest BCUT2D eigenvalue weighted by Crippen LogP contribution is 2.17. The fourth-order valence-electron chi connectivity index (χ4n) is 2.86. The van der Waals surface area contributed by atoms with E-state index in [1.165, 1.54) is 5.39 Å². The Kier molecular flexibility index (Phi) is 3.75. The van der Waals surface area contributed by atoms with Gasteiger partial charge in [-0.25, -0.2) is 0 Å². The van der Waals surface area contributed by atoms with Crippen molar-refractivity contribution in [2.75, 3.05) is 0 Å². The molecule has 0 saturated carbocycles. The molecule has 0 radical (unpaired) electrons. The van der Waals surface area contributed by atoms with E-state index < -0.39 is 0 Å². The second-order valence-electron chi connectivity index (χ2n) is 5.78. The molecule has 0 N–H and O–H groups in total. The van der Waals surface area contributed by atoms with Crippen molar-refractivity contribution in [2.45, 2.75) is 6.42 Å². The molecule has 1 aromatic heterocycles. The molecule has 4 heteroatoms. The maximum atomic E-state index is 12.4. The van der Waals surface area contributed by atoms with E-state index >= 15 is 0 Å². The minimum atomic E-state index is -0.118. The van der Waals surface area contributed by atoms with Crippen LogP contribution in [0, 0.1) is 0 Å². The van der Waals surface area contributed by atoms with E-state index in [1.807, 2.05) is 54.1 Å². The number of carbonyl (C=O) groups excluding carboxylic acids is 1. The molecule has 0 aliphatic rings. The van der Waals surface area contributed by atoms with Crippen LogP contribution in [-0.2, 0) is 18.3 Å². The molecule has 0 fully saturated rings. The molecule has 4 aromatic rings. The lowest BCUT2D eigenvalue weighted by Crippen LogP contribution is -2.14. The summed E-state index contributed by atoms with van der Waals surface area (Å²) in [7, 11) is 1.95. The summed E-state index contributed by atoms with van der Waals surface area (Å²) in [5, 5.41) is 2.33. The monoisotopic (exact) mass is 332 g/mol. The number of aryl methyl sites for hydroxylation is 1. The molecule has 0 atom stereocenters. The van der Waals surface area contributed by atoms with Crippen molar-refractivity contribution in [3.63, 3.8) is 0 Å². The Hall–Kier alpha value is -2.72. The number of fused-ring (bicyclic) bond motifs is 2. The fourth-order valence-corrected chi connectivity index (χ4v) is 3.89. The number of carbonyl (C=O) groups is 1. The number of para-hydroxylation sites is 1. The van der Waals surface area contributed by atoms with Gasteiger partial charge >= 0.3 is 0 Å². The van der Waals surface area contributed by atoms with Crippen LogP contribution in [0.15, 0.2) is 71.7 Å². The lowest BCUT2D eigenvalue weighted by molar-refractivity contribution is -0.117. The molecule has 118 valence electrons. The Morgan fingerprint density at radius 3 is 2.58 bits per heavy atom. The van der Waals surface area contributed by atoms with E-state index in [2.05, 4.69) is 29.3 Å². The maximum absolute atomic E-state index is 12.4. The van der Waals surface area contributed by atoms with Crippen LogP contribution in [0.2, 0.25) is 0 Å². The van der Waals surface area contributed by atoms with Gasteiger partial charge in [0.2, 0.25) is 0 Å². The van der Waals surface area contributed by atoms with Gasteiger partial charge in [-0.3, -0.25) is 4.79 Å². The number of nitrogens with zero attached hydrogens (tertiary/aromatic N) is 2. The van der Waals surface area contributed by atoms with Gasteiger partial charge in [0.25, 0.3) is 5.91 Å². The molecule has 0 spiro atoms. The standard InChI is InChI=1S/C20H16N2OS/c1-22-17-8-4-5-9-18(17)24-20(22)21-19(23)13-14-10-11-15-6-2-3-7-16(15)12-14/h2-12H,13H2,1H3. The van der Waals surface area contributed by atoms with Crippen molar-refractivity contribution in [1.29, 1.82) is 0 Å². The van der Waals surface area contributed by atoms with Crippen molar-refractivity contribution >= 4 is 38.2 Å². The predicted octanol–water partition coefficient (Wildman–Crippen LogP) is 4.06. The van der Waals surface area contributed by atoms with Crippen LogP contribution in [-0.4, -0.2) is 10.5 Å². The summed E-state index contributed by atoms with van der Waals surface area (Å²) < 4.78 is 3.11. The summed E-state index contributed by atoms with van der Waals surface area (Å²) in [6.45, 7) is 0. The number of rotatable bonds is 2. The Morgan fingerprint density at radius 1 is 1.00 bits per heavy atom. The molecule has 3 aromatic carbocycles. The van der Waals surface area contributed by atoms with E-state index in [9.17, 15) is 4.79 Å². The van der Waals surface area contributed by atoms with Gasteiger partial charge in [-0.2, -0.15) is 4.99 Å². The molecule has 0 bridgehead atoms. The molecule has 0 aliphatic carbocycles. The predicted molar refractivity (Wildman–Crippen MR) is 99.0 cm³/mol. The van der Waals surface area contributed by atoms with Crippen LogP contribution in [0.3, 0.4) is 0 Å². The third kappa shape index (κ3) is 2.76. The molecule has 0 saturated heterocycles. The topological polar surface area (TPSA) is 34.4 Å². The quantitative estimate of drug-likeness (QED) is 0.545. The summed E-state index contributed by atoms with van der Waals surface area (Å²) in [6, 6.07) is 22.4. The van der Waals surface area contributed by atoms with Crippen LogP contribution in [0.1, 0.15) is 5.56 Å². The molecular formula is C20H16N2OS. The van der Waals surface area contributed by atoms with Gasteiger partial charge in [0, 0.05) is 7.05 Å². The lowest BCUT2D eigenvalue weighted by atomic mass is 10.1. The van der Waals surface area contributed by atoms with Crippen molar-refractivity contribution in [3.05, 3.63) is 77.1 Å². The van der Waals surface area contributed by atoms with E-state index in [0.29, 0.717) is 6.42 Å². The van der Waals surface area contributed by atoms with E-state index in [4.69, 9.17) is 0 Å². The molecule has 3 nitrogen and oxygen atoms in total. The molecule has 0 unspecified atom stereocenters. The highest BCUT2D eigenvalue weighted by atomic mass is 32.1. The van der Waals surface area contributed by atoms with Crippen molar-refractivity contribution in [3.8, 4) is 0 Å². The molecule has 24 heavy (non-hydrogen) atoms. The number of hydrogen-bond acceptors (Lipinski definition) is 2. The number of thiazole rings is 1. The van der Waals surface area contributed by atoms with Crippen molar-refractivity contribution in [1.82, 2.24) is 4.57 Å². The summed E-state index contributed by atoms with van der Waals surface area (Å²) in [5.41, 5.74) is 2.09. The zero-order chi connectivity index (χ0) is 16.5. The SMILES string of the molecule is Cn1c(=NC(=O)Cc2ccc3ccccc3c2)sc2ccccc21. The highest BCUT2D eigenvalue weighted by Gasteiger charge is 2.06. The second kappa shape index (κ2) is 6.06. The summed E-state index contributed by atoms with van der Waals surface area (Å²) in [4.78, 5) is 17.4. The maximum Gasteiger partial charge on any atom is 0.252 e. The van der Waals surface area contributed by atoms with Gasteiger partial charge in [-0.1, -0.05) is 65.9 Å². The summed E-state index contributed by atoms with van der Waals surface area (Å²) >= 11 is 1.54. The van der Waals surface area contributed by atoms with Gasteiger partial charge in [0.05, 0.1) is 16.6 Å². The zero-order valence-electron chi connectivity index (χ0n) is 13.3. The van der Waals surface area contributed by atoms with Crippen LogP contribution in [0.4, 0.5) is 0 Å². The van der Waals surface area contributed by atoms with Crippen LogP contribution >= 0.6 is 11.3 Å². The van der Waals surface area contributed by atoms with Crippen LogP contribution in [0.5, 0.6) is 0 Å². The van der Waals surface area contributed by atoms with Crippen molar-refractivity contribution < 1.29 is 4.79 Å². The Morgan fingerprint density at radius 2 is 1.75 bits per heavy atom. The molecule has 1 amide bonds. The highest BCUT2D eigenvalue weighted by molar-refractivity contribution is 7.16. The Bertz CT molecular complexity index is 1120. The first kappa shape index (κ1) is 14.8. The largest absolute Gasteiger partial charge is 0.319 e. The third-order valence-electron chi connectivity index (χ3n) is 4.10. The zero-order valence-corrected chi connectivity index (χ0v) is 14.1. The number of benzene rings is 3. The Balaban J connectivity index is 1.66. The van der Waals surface area contributed by atoms with Gasteiger partial charge in [-0.05, 0) is 28.5 Å². The Labute approximate surface area is 143 Å². The van der Waals surface area contributed by atoms with E-state index in [1.54, 1.807) is 11.3 Å². The normalized spacial score (nSPS) is 12.1. The number of amides is 1. The number of aromatic nitrogens is 1. The van der Waals surface area contributed by atoms with Gasteiger partial charge < -0.3 is 4.57 Å². The van der Waals surface area contributed by atoms with Gasteiger partial charge in [-0.15, -0.1) is 0 Å². The average molecular weight is 332 g/mol. The lowest BCUT2D eigenvalue weighted by Gasteiger charge is -2.01. The van der Waals surface area contributed by atoms with Crippen LogP contribution < -0.4 is 4.80 Å². The summed E-state index contributed by atoms with van der Waals surface area (Å²) in [6.07, 6.45) is 0.319. The smallest absolute Gasteiger partial charge is 0.252 e. The van der Waals surface area contributed by atoms with Gasteiger partial charge in [0.15, 0.2) is 4.80 Å². The molecule has 0 aliphatic heterocycles. The van der Waals surface area contributed by atoms with Crippen molar-refractivity contribution in [2.24, 2.45) is 12.0 Å². The van der Waals surface area contributed by atoms with E-state index in [0.717, 1.165) is 26.0 Å². The third-order valence-corrected chi connectivity index (χ3v) is 5.22. The second-order valence-corrected chi connectivity index (χ2v) is 6.78. The first-order chi connectivity index (χ1) is 11.7. The van der Waals surface area contributed by atoms with E-state index in [-0.39, 0.29) is 5.91 Å². The first-order valence-corrected chi connectivity index (χ1v) is 8.62. The minimum Gasteiger partial charge on any atom is -0.319 e. The fraction of sp³-hybridized carbons (Fsp3) is 0.100. The minimum absolute atomic E-state index is 0.118. The average Bonchev–Trinajstić information content (AvgIpc) is 2.91. The van der Waals surface area contributed by atoms with Gasteiger partial charge in [0.1, 0.15) is 0 Å². The summed E-state index contributed by atoms with van der Waals surface area (Å²) in [5.74, 6) is -0.118. The molecule has 4 rings (SSSR count).